The Kier molecular flexibility index (Phi) is 5.27. The normalized spacial score (nSPS) is 15.1. The fraction of sp³-hybridized carbons (Fsp3) is 0.360. The molecule has 0 saturated carbocycles. The zero-order valence-electron chi connectivity index (χ0n) is 17.4. The summed E-state index contributed by atoms with van der Waals surface area (Å²) in [5, 5.41) is 1.16. The fourth-order valence-electron chi connectivity index (χ4n) is 4.49. The maximum Gasteiger partial charge on any atom is 0.242 e. The van der Waals surface area contributed by atoms with Crippen LogP contribution in [0.15, 0.2) is 48.5 Å². The van der Waals surface area contributed by atoms with E-state index >= 15 is 0 Å². The number of carbonyl (C=O) groups excluding carboxylic acids is 2. The van der Waals surface area contributed by atoms with Crippen molar-refractivity contribution in [1.82, 2.24) is 9.47 Å². The van der Waals surface area contributed by atoms with Crippen molar-refractivity contribution >= 4 is 22.6 Å². The third-order valence-electron chi connectivity index (χ3n) is 6.18. The molecule has 4 nitrogen and oxygen atoms in total. The molecule has 3 aromatic rings. The molecule has 1 saturated heterocycles. The van der Waals surface area contributed by atoms with Gasteiger partial charge in [-0.3, -0.25) is 9.59 Å². The summed E-state index contributed by atoms with van der Waals surface area (Å²) < 4.78 is 2.09. The molecule has 2 aromatic carbocycles. The van der Waals surface area contributed by atoms with E-state index in [-0.39, 0.29) is 17.6 Å². The summed E-state index contributed by atoms with van der Waals surface area (Å²) >= 11 is 0. The average Bonchev–Trinajstić information content (AvgIpc) is 3.03. The van der Waals surface area contributed by atoms with Crippen LogP contribution in [0.1, 0.15) is 40.0 Å². The Bertz CT molecular complexity index is 1070. The molecule has 2 heterocycles. The van der Waals surface area contributed by atoms with Crippen molar-refractivity contribution in [2.45, 2.75) is 40.2 Å². The number of Topliss-reactive ketones (excluding diaryl/α,β-unsaturated/α-hetero) is 1. The predicted octanol–water partition coefficient (Wildman–Crippen LogP) is 4.69. The molecule has 0 atom stereocenters. The van der Waals surface area contributed by atoms with Gasteiger partial charge in [0, 0.05) is 35.8 Å². The van der Waals surface area contributed by atoms with E-state index in [4.69, 9.17) is 0 Å². The Hall–Kier alpha value is -2.88. The highest BCUT2D eigenvalue weighted by Crippen LogP contribution is 2.25. The summed E-state index contributed by atoms with van der Waals surface area (Å²) in [6.07, 6.45) is 1.48. The number of hydrogen-bond acceptors (Lipinski definition) is 2. The first-order valence-electron chi connectivity index (χ1n) is 10.4. The SMILES string of the molecule is Cc1ccc(C(=O)C2CCN(C(=O)Cn3c(C)cc4ccccc43)CC2)c(C)c1. The molecular weight excluding hydrogens is 360 g/mol. The molecule has 150 valence electrons. The van der Waals surface area contributed by atoms with Crippen molar-refractivity contribution in [2.75, 3.05) is 13.1 Å². The van der Waals surface area contributed by atoms with E-state index in [1.165, 1.54) is 5.56 Å². The van der Waals surface area contributed by atoms with Crippen molar-refractivity contribution < 1.29 is 9.59 Å². The Morgan fingerprint density at radius 3 is 2.41 bits per heavy atom. The van der Waals surface area contributed by atoms with E-state index in [1.54, 1.807) is 0 Å². The van der Waals surface area contributed by atoms with Crippen LogP contribution in [0.4, 0.5) is 0 Å². The molecule has 29 heavy (non-hydrogen) atoms. The molecule has 0 aliphatic carbocycles. The number of rotatable bonds is 4. The van der Waals surface area contributed by atoms with Crippen LogP contribution in [0.25, 0.3) is 10.9 Å². The summed E-state index contributed by atoms with van der Waals surface area (Å²) in [5.41, 5.74) is 5.24. The molecule has 0 spiro atoms. The van der Waals surface area contributed by atoms with E-state index < -0.39 is 0 Å². The molecule has 1 aliphatic rings. The first kappa shape index (κ1) is 19.4. The van der Waals surface area contributed by atoms with E-state index in [2.05, 4.69) is 28.8 Å². The molecule has 1 fully saturated rings. The molecule has 4 heteroatoms. The monoisotopic (exact) mass is 388 g/mol. The van der Waals surface area contributed by atoms with Crippen LogP contribution in [0.2, 0.25) is 0 Å². The van der Waals surface area contributed by atoms with Gasteiger partial charge in [-0.15, -0.1) is 0 Å². The first-order chi connectivity index (χ1) is 13.9. The average molecular weight is 389 g/mol. The highest BCUT2D eigenvalue weighted by molar-refractivity contribution is 5.99. The Morgan fingerprint density at radius 2 is 1.69 bits per heavy atom. The lowest BCUT2D eigenvalue weighted by Gasteiger charge is -2.32. The highest BCUT2D eigenvalue weighted by atomic mass is 16.2. The van der Waals surface area contributed by atoms with Crippen LogP contribution in [0.5, 0.6) is 0 Å². The second kappa shape index (κ2) is 7.86. The molecule has 0 bridgehead atoms. The van der Waals surface area contributed by atoms with Gasteiger partial charge in [-0.05, 0) is 56.7 Å². The van der Waals surface area contributed by atoms with E-state index in [1.807, 2.05) is 49.9 Å². The largest absolute Gasteiger partial charge is 0.341 e. The zero-order chi connectivity index (χ0) is 20.5. The minimum absolute atomic E-state index is 0.00889. The summed E-state index contributed by atoms with van der Waals surface area (Å²) in [5.74, 6) is 0.364. The van der Waals surface area contributed by atoms with Gasteiger partial charge in [0.05, 0.1) is 0 Å². The summed E-state index contributed by atoms with van der Waals surface area (Å²) in [6, 6.07) is 16.3. The van der Waals surface area contributed by atoms with E-state index in [9.17, 15) is 9.59 Å². The van der Waals surface area contributed by atoms with Crippen molar-refractivity contribution in [2.24, 2.45) is 5.92 Å². The first-order valence-corrected chi connectivity index (χ1v) is 10.4. The molecule has 4 rings (SSSR count). The topological polar surface area (TPSA) is 42.3 Å². The number of fused-ring (bicyclic) bond motifs is 1. The molecule has 0 N–H and O–H groups in total. The van der Waals surface area contributed by atoms with Crippen LogP contribution in [-0.4, -0.2) is 34.2 Å². The Balaban J connectivity index is 1.41. The number of aromatic nitrogens is 1. The lowest BCUT2D eigenvalue weighted by molar-refractivity contribution is -0.133. The number of nitrogens with zero attached hydrogens (tertiary/aromatic N) is 2. The fourth-order valence-corrected chi connectivity index (χ4v) is 4.49. The maximum absolute atomic E-state index is 12.9. The maximum atomic E-state index is 12.9. The number of hydrogen-bond donors (Lipinski definition) is 0. The summed E-state index contributed by atoms with van der Waals surface area (Å²) in [7, 11) is 0. The third-order valence-corrected chi connectivity index (χ3v) is 6.18. The molecule has 1 aromatic heterocycles. The predicted molar refractivity (Wildman–Crippen MR) is 116 cm³/mol. The standard InChI is InChI=1S/C25H28N2O2/c1-17-8-9-22(18(2)14-17)25(29)20-10-12-26(13-11-20)24(28)16-27-19(3)15-21-6-4-5-7-23(21)27/h4-9,14-15,20H,10-13,16H2,1-3H3. The summed E-state index contributed by atoms with van der Waals surface area (Å²) in [6.45, 7) is 7.75. The lowest BCUT2D eigenvalue weighted by atomic mass is 9.87. The van der Waals surface area contributed by atoms with Gasteiger partial charge in [0.15, 0.2) is 5.78 Å². The van der Waals surface area contributed by atoms with Crippen molar-refractivity contribution in [1.29, 1.82) is 0 Å². The van der Waals surface area contributed by atoms with Gasteiger partial charge in [0.25, 0.3) is 0 Å². The quantitative estimate of drug-likeness (QED) is 0.609. The number of benzene rings is 2. The van der Waals surface area contributed by atoms with Crippen molar-refractivity contribution in [3.63, 3.8) is 0 Å². The van der Waals surface area contributed by atoms with Gasteiger partial charge >= 0.3 is 0 Å². The van der Waals surface area contributed by atoms with Gasteiger partial charge in [-0.1, -0.05) is 42.0 Å². The van der Waals surface area contributed by atoms with Crippen LogP contribution in [0.3, 0.4) is 0 Å². The van der Waals surface area contributed by atoms with Gasteiger partial charge < -0.3 is 9.47 Å². The van der Waals surface area contributed by atoms with Crippen LogP contribution < -0.4 is 0 Å². The number of piperidine rings is 1. The molecule has 0 radical (unpaired) electrons. The molecule has 0 unspecified atom stereocenters. The van der Waals surface area contributed by atoms with Gasteiger partial charge in [0.1, 0.15) is 6.54 Å². The number of amides is 1. The molecule has 1 amide bonds. The third kappa shape index (κ3) is 3.84. The molecule has 1 aliphatic heterocycles. The van der Waals surface area contributed by atoms with Crippen LogP contribution in [-0.2, 0) is 11.3 Å². The Labute approximate surface area is 172 Å². The minimum atomic E-state index is 0.00889. The number of aryl methyl sites for hydroxylation is 3. The second-order valence-electron chi connectivity index (χ2n) is 8.27. The van der Waals surface area contributed by atoms with E-state index in [0.29, 0.717) is 19.6 Å². The number of carbonyl (C=O) groups is 2. The summed E-state index contributed by atoms with van der Waals surface area (Å²) in [4.78, 5) is 27.8. The van der Waals surface area contributed by atoms with Crippen LogP contribution >= 0.6 is 0 Å². The van der Waals surface area contributed by atoms with E-state index in [0.717, 1.165) is 40.6 Å². The zero-order valence-corrected chi connectivity index (χ0v) is 17.4. The number of para-hydroxylation sites is 1. The minimum Gasteiger partial charge on any atom is -0.341 e. The second-order valence-corrected chi connectivity index (χ2v) is 8.27. The number of likely N-dealkylation sites (tertiary alicyclic amines) is 1. The van der Waals surface area contributed by atoms with Gasteiger partial charge in [0.2, 0.25) is 5.91 Å². The van der Waals surface area contributed by atoms with Crippen molar-refractivity contribution in [3.05, 3.63) is 70.9 Å². The lowest BCUT2D eigenvalue weighted by Crippen LogP contribution is -2.41. The van der Waals surface area contributed by atoms with Crippen molar-refractivity contribution in [3.8, 4) is 0 Å². The van der Waals surface area contributed by atoms with Gasteiger partial charge in [-0.2, -0.15) is 0 Å². The Morgan fingerprint density at radius 1 is 0.966 bits per heavy atom. The molecular formula is C25H28N2O2. The van der Waals surface area contributed by atoms with Gasteiger partial charge in [-0.25, -0.2) is 0 Å². The van der Waals surface area contributed by atoms with Crippen LogP contribution in [0, 0.1) is 26.7 Å². The smallest absolute Gasteiger partial charge is 0.242 e. The number of ketones is 1. The highest BCUT2D eigenvalue weighted by Gasteiger charge is 2.28.